The Bertz CT molecular complexity index is 598. The summed E-state index contributed by atoms with van der Waals surface area (Å²) in [5.74, 6) is 1.40. The van der Waals surface area contributed by atoms with Crippen molar-refractivity contribution < 1.29 is 13.2 Å². The molecule has 1 unspecified atom stereocenters. The van der Waals surface area contributed by atoms with E-state index in [0.717, 1.165) is 25.1 Å². The van der Waals surface area contributed by atoms with Crippen LogP contribution in [0.3, 0.4) is 0 Å². The van der Waals surface area contributed by atoms with Crippen molar-refractivity contribution in [3.63, 3.8) is 0 Å². The van der Waals surface area contributed by atoms with Crippen LogP contribution in [0.4, 0.5) is 0 Å². The number of ether oxygens (including phenoxy) is 1. The number of benzene rings is 1. The average Bonchev–Trinajstić information content (AvgIpc) is 2.48. The van der Waals surface area contributed by atoms with E-state index in [4.69, 9.17) is 4.74 Å². The van der Waals surface area contributed by atoms with Crippen molar-refractivity contribution in [3.8, 4) is 5.75 Å². The van der Waals surface area contributed by atoms with E-state index >= 15 is 0 Å². The van der Waals surface area contributed by atoms with Crippen molar-refractivity contribution in [1.82, 2.24) is 5.32 Å². The lowest BCUT2D eigenvalue weighted by atomic mass is 9.83. The van der Waals surface area contributed by atoms with Crippen molar-refractivity contribution >= 4 is 9.84 Å². The molecule has 1 N–H and O–H groups in total. The first-order chi connectivity index (χ1) is 10.0. The molecule has 0 saturated carbocycles. The Labute approximate surface area is 126 Å². The smallest absolute Gasteiger partial charge is 0.150 e. The first-order valence-electron chi connectivity index (χ1n) is 7.75. The largest absolute Gasteiger partial charge is 0.487 e. The molecule has 5 heteroatoms. The third-order valence-corrected chi connectivity index (χ3v) is 6.23. The summed E-state index contributed by atoms with van der Waals surface area (Å²) in [6, 6.07) is 8.38. The Morgan fingerprint density at radius 2 is 2.00 bits per heavy atom. The van der Waals surface area contributed by atoms with Gasteiger partial charge in [0.05, 0.1) is 11.5 Å². The summed E-state index contributed by atoms with van der Waals surface area (Å²) < 4.78 is 29.7. The number of sulfone groups is 1. The van der Waals surface area contributed by atoms with Gasteiger partial charge in [-0.25, -0.2) is 8.42 Å². The molecule has 1 spiro atoms. The number of fused-ring (bicyclic) bond motifs is 1. The topological polar surface area (TPSA) is 55.4 Å². The van der Waals surface area contributed by atoms with Gasteiger partial charge >= 0.3 is 0 Å². The van der Waals surface area contributed by atoms with Crippen LogP contribution >= 0.6 is 0 Å². The third kappa shape index (κ3) is 3.09. The molecular weight excluding hydrogens is 286 g/mol. The number of para-hydroxylation sites is 1. The minimum absolute atomic E-state index is 0.246. The fourth-order valence-corrected chi connectivity index (χ4v) is 4.91. The second-order valence-electron chi connectivity index (χ2n) is 6.19. The molecule has 1 fully saturated rings. The van der Waals surface area contributed by atoms with Gasteiger partial charge in [-0.3, -0.25) is 0 Å². The Balaban J connectivity index is 1.86. The number of rotatable bonds is 3. The molecule has 116 valence electrons. The maximum atomic E-state index is 11.7. The van der Waals surface area contributed by atoms with Gasteiger partial charge in [-0.15, -0.1) is 0 Å². The molecule has 1 saturated heterocycles. The maximum absolute atomic E-state index is 11.7. The van der Waals surface area contributed by atoms with Gasteiger partial charge < -0.3 is 10.1 Å². The highest BCUT2D eigenvalue weighted by Gasteiger charge is 2.44. The van der Waals surface area contributed by atoms with Gasteiger partial charge in [0.25, 0.3) is 0 Å². The fourth-order valence-electron chi connectivity index (χ4n) is 3.34. The summed E-state index contributed by atoms with van der Waals surface area (Å²) in [7, 11) is -2.87. The van der Waals surface area contributed by atoms with Gasteiger partial charge in [0.2, 0.25) is 0 Å². The lowest BCUT2D eigenvalue weighted by molar-refractivity contribution is 0.0211. The molecule has 1 aromatic rings. The van der Waals surface area contributed by atoms with Crippen LogP contribution in [0, 0.1) is 0 Å². The van der Waals surface area contributed by atoms with Crippen molar-refractivity contribution in [2.75, 3.05) is 18.1 Å². The third-order valence-electron chi connectivity index (χ3n) is 4.58. The highest BCUT2D eigenvalue weighted by Crippen LogP contribution is 2.44. The molecule has 3 rings (SSSR count). The molecule has 2 aliphatic rings. The van der Waals surface area contributed by atoms with E-state index in [1.54, 1.807) is 0 Å². The summed E-state index contributed by atoms with van der Waals surface area (Å²) in [5.41, 5.74) is 0.885. The van der Waals surface area contributed by atoms with Gasteiger partial charge in [-0.05, 0) is 19.0 Å². The van der Waals surface area contributed by atoms with E-state index in [9.17, 15) is 8.42 Å². The Hall–Kier alpha value is -1.07. The molecule has 2 heterocycles. The van der Waals surface area contributed by atoms with Crippen LogP contribution in [0.25, 0.3) is 0 Å². The van der Waals surface area contributed by atoms with E-state index in [-0.39, 0.29) is 23.1 Å². The summed E-state index contributed by atoms with van der Waals surface area (Å²) in [6.07, 6.45) is 3.16. The molecule has 1 aromatic carbocycles. The van der Waals surface area contributed by atoms with Crippen LogP contribution in [0.15, 0.2) is 24.3 Å². The zero-order chi connectivity index (χ0) is 14.9. The zero-order valence-corrected chi connectivity index (χ0v) is 13.3. The Morgan fingerprint density at radius 3 is 2.71 bits per heavy atom. The van der Waals surface area contributed by atoms with Gasteiger partial charge in [0.15, 0.2) is 9.84 Å². The highest BCUT2D eigenvalue weighted by atomic mass is 32.2. The second-order valence-corrected chi connectivity index (χ2v) is 8.49. The molecule has 0 bridgehead atoms. The molecule has 1 atom stereocenters. The average molecular weight is 309 g/mol. The van der Waals surface area contributed by atoms with Crippen molar-refractivity contribution in [3.05, 3.63) is 29.8 Å². The molecule has 0 amide bonds. The van der Waals surface area contributed by atoms with Crippen LogP contribution in [0.5, 0.6) is 5.75 Å². The number of nitrogens with one attached hydrogen (secondary N) is 1. The maximum Gasteiger partial charge on any atom is 0.150 e. The quantitative estimate of drug-likeness (QED) is 0.932. The molecular formula is C16H23NO3S. The van der Waals surface area contributed by atoms with E-state index in [1.165, 1.54) is 5.56 Å². The van der Waals surface area contributed by atoms with E-state index < -0.39 is 9.84 Å². The van der Waals surface area contributed by atoms with Gasteiger partial charge in [-0.1, -0.05) is 25.1 Å². The van der Waals surface area contributed by atoms with Crippen LogP contribution < -0.4 is 10.1 Å². The fraction of sp³-hybridized carbons (Fsp3) is 0.625. The van der Waals surface area contributed by atoms with Gasteiger partial charge in [0, 0.05) is 30.9 Å². The lowest BCUT2D eigenvalue weighted by Crippen LogP contribution is -2.49. The van der Waals surface area contributed by atoms with E-state index in [0.29, 0.717) is 12.8 Å². The summed E-state index contributed by atoms with van der Waals surface area (Å²) >= 11 is 0. The molecule has 2 aliphatic heterocycles. The van der Waals surface area contributed by atoms with Crippen LogP contribution in [0.2, 0.25) is 0 Å². The van der Waals surface area contributed by atoms with Gasteiger partial charge in [-0.2, -0.15) is 0 Å². The van der Waals surface area contributed by atoms with Crippen molar-refractivity contribution in [2.24, 2.45) is 0 Å². The number of hydrogen-bond acceptors (Lipinski definition) is 4. The first-order valence-corrected chi connectivity index (χ1v) is 9.57. The normalized spacial score (nSPS) is 26.0. The minimum Gasteiger partial charge on any atom is -0.487 e. The summed E-state index contributed by atoms with van der Waals surface area (Å²) in [6.45, 7) is 3.12. The first kappa shape index (κ1) is 14.9. The summed E-state index contributed by atoms with van der Waals surface area (Å²) in [4.78, 5) is 0. The SMILES string of the molecule is CCCNC1CC2(CCS(=O)(=O)CC2)Oc2ccccc21. The monoisotopic (exact) mass is 309 g/mol. The molecule has 0 aliphatic carbocycles. The second kappa shape index (κ2) is 5.61. The predicted octanol–water partition coefficient (Wildman–Crippen LogP) is 2.46. The number of hydrogen-bond donors (Lipinski definition) is 1. The standard InChI is InChI=1S/C16H23NO3S/c1-2-9-17-14-12-16(7-10-21(18,19)11-8-16)20-15-6-4-3-5-13(14)15/h3-6,14,17H,2,7-12H2,1H3. The Kier molecular flexibility index (Phi) is 3.97. The summed E-state index contributed by atoms with van der Waals surface area (Å²) in [5, 5.41) is 3.59. The predicted molar refractivity (Wildman–Crippen MR) is 83.3 cm³/mol. The highest BCUT2D eigenvalue weighted by molar-refractivity contribution is 7.91. The van der Waals surface area contributed by atoms with Gasteiger partial charge in [0.1, 0.15) is 11.4 Å². The lowest BCUT2D eigenvalue weighted by Gasteiger charge is -2.44. The van der Waals surface area contributed by atoms with Crippen LogP contribution in [-0.4, -0.2) is 32.1 Å². The van der Waals surface area contributed by atoms with E-state index in [1.807, 2.05) is 18.2 Å². The molecule has 21 heavy (non-hydrogen) atoms. The van der Waals surface area contributed by atoms with Crippen molar-refractivity contribution in [1.29, 1.82) is 0 Å². The zero-order valence-electron chi connectivity index (χ0n) is 12.5. The minimum atomic E-state index is -2.87. The van der Waals surface area contributed by atoms with Crippen LogP contribution in [0.1, 0.15) is 44.2 Å². The van der Waals surface area contributed by atoms with Crippen LogP contribution in [-0.2, 0) is 9.84 Å². The Morgan fingerprint density at radius 1 is 1.29 bits per heavy atom. The molecule has 0 aromatic heterocycles. The van der Waals surface area contributed by atoms with Crippen molar-refractivity contribution in [2.45, 2.75) is 44.2 Å². The van der Waals surface area contributed by atoms with E-state index in [2.05, 4.69) is 18.3 Å². The molecule has 0 radical (unpaired) electrons. The molecule has 4 nitrogen and oxygen atoms in total.